The van der Waals surface area contributed by atoms with Crippen LogP contribution in [-0.2, 0) is 4.79 Å². The van der Waals surface area contributed by atoms with Gasteiger partial charge < -0.3 is 10.1 Å². The molecule has 3 aromatic rings. The van der Waals surface area contributed by atoms with Crippen molar-refractivity contribution in [2.24, 2.45) is 0 Å². The topological polar surface area (TPSA) is 81.4 Å². The number of methoxy groups -OCH3 is 1. The van der Waals surface area contributed by atoms with Crippen molar-refractivity contribution in [3.05, 3.63) is 42.2 Å². The number of carbonyl (C=O) groups excluding carboxylic acids is 1. The first-order valence-electron chi connectivity index (χ1n) is 6.90. The second-order valence-corrected chi connectivity index (χ2v) is 5.74. The number of fused-ring (bicyclic) bond motifs is 1. The van der Waals surface area contributed by atoms with E-state index in [1.54, 1.807) is 30.1 Å². The number of aromatic nitrogens is 4. The van der Waals surface area contributed by atoms with Crippen LogP contribution in [-0.4, -0.2) is 38.4 Å². The third-order valence-corrected chi connectivity index (χ3v) is 3.90. The molecule has 3 rings (SSSR count). The molecule has 2 aromatic heterocycles. The van der Waals surface area contributed by atoms with Crippen LogP contribution in [0.15, 0.2) is 41.8 Å². The Bertz CT molecular complexity index is 816. The van der Waals surface area contributed by atoms with Crippen molar-refractivity contribution in [2.45, 2.75) is 12.1 Å². The number of hydrogen-bond donors (Lipinski definition) is 1. The van der Waals surface area contributed by atoms with Crippen LogP contribution in [0.25, 0.3) is 5.78 Å². The van der Waals surface area contributed by atoms with Crippen LogP contribution in [0.1, 0.15) is 5.56 Å². The average Bonchev–Trinajstić information content (AvgIpc) is 2.96. The third kappa shape index (κ3) is 3.59. The summed E-state index contributed by atoms with van der Waals surface area (Å²) in [5.74, 6) is 1.19. The standard InChI is InChI=1S/C15H15N5O2S/c1-10-4-5-12(22-2)11(8-10)17-13(21)9-23-15-18-14-16-6-3-7-20(14)19-15/h3-8H,9H2,1-2H3,(H,17,21). The first kappa shape index (κ1) is 15.3. The lowest BCUT2D eigenvalue weighted by molar-refractivity contribution is -0.113. The van der Waals surface area contributed by atoms with Gasteiger partial charge in [0.2, 0.25) is 11.1 Å². The van der Waals surface area contributed by atoms with Gasteiger partial charge in [0.05, 0.1) is 18.6 Å². The van der Waals surface area contributed by atoms with Crippen molar-refractivity contribution in [2.75, 3.05) is 18.2 Å². The molecule has 118 valence electrons. The molecule has 1 aromatic carbocycles. The molecule has 0 aliphatic heterocycles. The second kappa shape index (κ2) is 6.66. The predicted octanol–water partition coefficient (Wildman–Crippen LogP) is 2.17. The lowest BCUT2D eigenvalue weighted by atomic mass is 10.2. The maximum absolute atomic E-state index is 12.1. The monoisotopic (exact) mass is 329 g/mol. The van der Waals surface area contributed by atoms with Crippen LogP contribution in [0.5, 0.6) is 5.75 Å². The number of rotatable bonds is 5. The summed E-state index contributed by atoms with van der Waals surface area (Å²) in [7, 11) is 1.57. The highest BCUT2D eigenvalue weighted by atomic mass is 32.2. The molecule has 0 unspecified atom stereocenters. The molecule has 0 saturated heterocycles. The minimum atomic E-state index is -0.147. The number of carbonyl (C=O) groups is 1. The van der Waals surface area contributed by atoms with Crippen molar-refractivity contribution in [3.8, 4) is 5.75 Å². The van der Waals surface area contributed by atoms with E-state index in [2.05, 4.69) is 20.4 Å². The van der Waals surface area contributed by atoms with Crippen LogP contribution in [0, 0.1) is 6.92 Å². The Hall–Kier alpha value is -2.61. The summed E-state index contributed by atoms with van der Waals surface area (Å²) in [5.41, 5.74) is 1.70. The van der Waals surface area contributed by atoms with E-state index in [4.69, 9.17) is 4.74 Å². The lowest BCUT2D eigenvalue weighted by Crippen LogP contribution is -2.15. The van der Waals surface area contributed by atoms with Crippen molar-refractivity contribution in [3.63, 3.8) is 0 Å². The van der Waals surface area contributed by atoms with Gasteiger partial charge in [0.15, 0.2) is 0 Å². The number of anilines is 1. The fourth-order valence-corrected chi connectivity index (χ4v) is 2.64. The van der Waals surface area contributed by atoms with Crippen molar-refractivity contribution in [1.29, 1.82) is 0 Å². The van der Waals surface area contributed by atoms with Gasteiger partial charge in [-0.2, -0.15) is 4.98 Å². The Labute approximate surface area is 137 Å². The number of thioether (sulfide) groups is 1. The highest BCUT2D eigenvalue weighted by Crippen LogP contribution is 2.25. The zero-order valence-corrected chi connectivity index (χ0v) is 13.5. The number of hydrogen-bond acceptors (Lipinski definition) is 6. The molecule has 0 atom stereocenters. The molecule has 2 heterocycles. The number of aryl methyl sites for hydroxylation is 1. The molecule has 23 heavy (non-hydrogen) atoms. The molecule has 8 heteroatoms. The number of ether oxygens (including phenoxy) is 1. The maximum atomic E-state index is 12.1. The molecule has 0 bridgehead atoms. The number of amides is 1. The van der Waals surface area contributed by atoms with Gasteiger partial charge in [-0.15, -0.1) is 5.10 Å². The van der Waals surface area contributed by atoms with E-state index in [1.807, 2.05) is 25.1 Å². The van der Waals surface area contributed by atoms with Gasteiger partial charge in [-0.3, -0.25) is 4.79 Å². The average molecular weight is 329 g/mol. The van der Waals surface area contributed by atoms with Crippen molar-refractivity contribution >= 4 is 29.1 Å². The molecule has 0 spiro atoms. The van der Waals surface area contributed by atoms with E-state index in [-0.39, 0.29) is 11.7 Å². The third-order valence-electron chi connectivity index (χ3n) is 3.06. The summed E-state index contributed by atoms with van der Waals surface area (Å²) in [6, 6.07) is 7.39. The van der Waals surface area contributed by atoms with Crippen LogP contribution < -0.4 is 10.1 Å². The second-order valence-electron chi connectivity index (χ2n) is 4.80. The quantitative estimate of drug-likeness (QED) is 0.723. The highest BCUT2D eigenvalue weighted by Gasteiger charge is 2.11. The minimum Gasteiger partial charge on any atom is -0.495 e. The molecule has 1 amide bonds. The predicted molar refractivity (Wildman–Crippen MR) is 87.9 cm³/mol. The van der Waals surface area contributed by atoms with Crippen LogP contribution in [0.2, 0.25) is 0 Å². The van der Waals surface area contributed by atoms with Gasteiger partial charge in [-0.25, -0.2) is 9.50 Å². The molecule has 7 nitrogen and oxygen atoms in total. The fourth-order valence-electron chi connectivity index (χ4n) is 2.01. The Balaban J connectivity index is 1.64. The van der Waals surface area contributed by atoms with Gasteiger partial charge in [0.25, 0.3) is 5.78 Å². The van der Waals surface area contributed by atoms with E-state index < -0.39 is 0 Å². The van der Waals surface area contributed by atoms with Crippen LogP contribution in [0.4, 0.5) is 5.69 Å². The van der Waals surface area contributed by atoms with Gasteiger partial charge in [-0.1, -0.05) is 17.8 Å². The van der Waals surface area contributed by atoms with E-state index in [0.29, 0.717) is 22.4 Å². The molecule has 0 aliphatic carbocycles. The summed E-state index contributed by atoms with van der Waals surface area (Å²) in [5, 5.41) is 7.59. The van der Waals surface area contributed by atoms with Gasteiger partial charge >= 0.3 is 0 Å². The van der Waals surface area contributed by atoms with Gasteiger partial charge in [-0.05, 0) is 30.7 Å². The Morgan fingerprint density at radius 3 is 3.09 bits per heavy atom. The van der Waals surface area contributed by atoms with E-state index >= 15 is 0 Å². The Kier molecular flexibility index (Phi) is 4.42. The zero-order valence-electron chi connectivity index (χ0n) is 12.7. The molecule has 0 aliphatic rings. The molecule has 1 N–H and O–H groups in total. The van der Waals surface area contributed by atoms with Gasteiger partial charge in [0.1, 0.15) is 5.75 Å². The molecular formula is C15H15N5O2S. The lowest BCUT2D eigenvalue weighted by Gasteiger charge is -2.10. The van der Waals surface area contributed by atoms with E-state index in [0.717, 1.165) is 5.56 Å². The fraction of sp³-hybridized carbons (Fsp3) is 0.200. The maximum Gasteiger partial charge on any atom is 0.253 e. The number of nitrogens with one attached hydrogen (secondary N) is 1. The smallest absolute Gasteiger partial charge is 0.253 e. The van der Waals surface area contributed by atoms with Crippen molar-refractivity contribution < 1.29 is 9.53 Å². The minimum absolute atomic E-state index is 0.147. The summed E-state index contributed by atoms with van der Waals surface area (Å²) >= 11 is 1.26. The summed E-state index contributed by atoms with van der Waals surface area (Å²) in [6.45, 7) is 1.96. The molecule has 0 saturated carbocycles. The first-order chi connectivity index (χ1) is 11.2. The Morgan fingerprint density at radius 1 is 1.43 bits per heavy atom. The van der Waals surface area contributed by atoms with E-state index in [9.17, 15) is 4.79 Å². The largest absolute Gasteiger partial charge is 0.495 e. The first-order valence-corrected chi connectivity index (χ1v) is 7.89. The van der Waals surface area contributed by atoms with Crippen LogP contribution in [0.3, 0.4) is 0 Å². The highest BCUT2D eigenvalue weighted by molar-refractivity contribution is 7.99. The SMILES string of the molecule is COc1ccc(C)cc1NC(=O)CSc1nc2ncccn2n1. The zero-order chi connectivity index (χ0) is 16.2. The number of benzene rings is 1. The normalized spacial score (nSPS) is 10.7. The molecule has 0 fully saturated rings. The molecule has 0 radical (unpaired) electrons. The summed E-state index contributed by atoms with van der Waals surface area (Å²) < 4.78 is 6.82. The van der Waals surface area contributed by atoms with Crippen LogP contribution >= 0.6 is 11.8 Å². The van der Waals surface area contributed by atoms with Crippen molar-refractivity contribution in [1.82, 2.24) is 19.6 Å². The Morgan fingerprint density at radius 2 is 2.30 bits per heavy atom. The van der Waals surface area contributed by atoms with E-state index in [1.165, 1.54) is 11.8 Å². The van der Waals surface area contributed by atoms with Gasteiger partial charge in [0, 0.05) is 12.4 Å². The molecular weight excluding hydrogens is 314 g/mol. The summed E-state index contributed by atoms with van der Waals surface area (Å²) in [4.78, 5) is 20.4. The number of nitrogens with zero attached hydrogens (tertiary/aromatic N) is 4. The summed E-state index contributed by atoms with van der Waals surface area (Å²) in [6.07, 6.45) is 3.41.